The van der Waals surface area contributed by atoms with Crippen molar-refractivity contribution in [3.8, 4) is 23.0 Å². The van der Waals surface area contributed by atoms with Gasteiger partial charge in [0.2, 0.25) is 0 Å². The maximum Gasteiger partial charge on any atom is 0.273 e. The molecule has 1 heterocycles. The first-order valence-electron chi connectivity index (χ1n) is 7.71. The summed E-state index contributed by atoms with van der Waals surface area (Å²) in [5.74, 6) is 1.14. The van der Waals surface area contributed by atoms with Crippen LogP contribution in [0.4, 0.5) is 11.4 Å². The van der Waals surface area contributed by atoms with E-state index < -0.39 is 10.8 Å². The Labute approximate surface area is 148 Å². The van der Waals surface area contributed by atoms with Gasteiger partial charge in [0.05, 0.1) is 18.1 Å². The van der Waals surface area contributed by atoms with Gasteiger partial charge in [0, 0.05) is 17.8 Å². The SMILES string of the molecule is COc1ccc([N+](=O)[O-])cc1OCC(=O)Nc1ccc2c(c1)OCCO2. The third-order valence-corrected chi connectivity index (χ3v) is 3.54. The fraction of sp³-hybridized carbons (Fsp3) is 0.235. The highest BCUT2D eigenvalue weighted by molar-refractivity contribution is 5.92. The molecule has 0 saturated carbocycles. The van der Waals surface area contributed by atoms with E-state index in [1.807, 2.05) is 0 Å². The van der Waals surface area contributed by atoms with Crippen molar-refractivity contribution >= 4 is 17.3 Å². The van der Waals surface area contributed by atoms with Gasteiger partial charge in [-0.05, 0) is 18.2 Å². The molecule has 1 N–H and O–H groups in total. The Morgan fingerprint density at radius 1 is 1.15 bits per heavy atom. The number of hydrogen-bond donors (Lipinski definition) is 1. The van der Waals surface area contributed by atoms with Crippen molar-refractivity contribution in [3.05, 3.63) is 46.5 Å². The maximum absolute atomic E-state index is 12.1. The molecular weight excluding hydrogens is 344 g/mol. The molecule has 0 aliphatic carbocycles. The highest BCUT2D eigenvalue weighted by Gasteiger charge is 2.15. The zero-order chi connectivity index (χ0) is 18.5. The first-order valence-corrected chi connectivity index (χ1v) is 7.71. The molecule has 9 nitrogen and oxygen atoms in total. The Morgan fingerprint density at radius 2 is 1.92 bits per heavy atom. The van der Waals surface area contributed by atoms with Gasteiger partial charge in [0.15, 0.2) is 29.6 Å². The van der Waals surface area contributed by atoms with E-state index in [1.165, 1.54) is 25.3 Å². The second-order valence-electron chi connectivity index (χ2n) is 5.29. The Balaban J connectivity index is 1.64. The van der Waals surface area contributed by atoms with E-state index in [-0.39, 0.29) is 18.0 Å². The Morgan fingerprint density at radius 3 is 2.65 bits per heavy atom. The van der Waals surface area contributed by atoms with Crippen molar-refractivity contribution in [2.24, 2.45) is 0 Å². The molecule has 0 atom stereocenters. The summed E-state index contributed by atoms with van der Waals surface area (Å²) < 4.78 is 21.3. The Kier molecular flexibility index (Phi) is 5.07. The number of nitrogens with one attached hydrogen (secondary N) is 1. The summed E-state index contributed by atoms with van der Waals surface area (Å²) in [6.07, 6.45) is 0. The van der Waals surface area contributed by atoms with Crippen LogP contribution in [0.25, 0.3) is 0 Å². The number of ether oxygens (including phenoxy) is 4. The van der Waals surface area contributed by atoms with E-state index in [2.05, 4.69) is 5.32 Å². The average Bonchev–Trinajstić information content (AvgIpc) is 2.66. The Hall–Kier alpha value is -3.49. The van der Waals surface area contributed by atoms with Gasteiger partial charge in [-0.15, -0.1) is 0 Å². The lowest BCUT2D eigenvalue weighted by molar-refractivity contribution is -0.385. The Bertz CT molecular complexity index is 838. The molecule has 0 saturated heterocycles. The highest BCUT2D eigenvalue weighted by atomic mass is 16.6. The number of benzene rings is 2. The van der Waals surface area contributed by atoms with Crippen molar-refractivity contribution < 1.29 is 28.7 Å². The number of carbonyl (C=O) groups is 1. The lowest BCUT2D eigenvalue weighted by atomic mass is 10.2. The minimum Gasteiger partial charge on any atom is -0.493 e. The molecule has 0 aromatic heterocycles. The number of fused-ring (bicyclic) bond motifs is 1. The molecular formula is C17H16N2O7. The number of non-ortho nitro benzene ring substituents is 1. The van der Waals surface area contributed by atoms with Crippen molar-refractivity contribution in [1.82, 2.24) is 0 Å². The zero-order valence-corrected chi connectivity index (χ0v) is 13.9. The van der Waals surface area contributed by atoms with Crippen LogP contribution in [0.15, 0.2) is 36.4 Å². The fourth-order valence-corrected chi connectivity index (χ4v) is 2.35. The van der Waals surface area contributed by atoms with Crippen LogP contribution in [0.5, 0.6) is 23.0 Å². The van der Waals surface area contributed by atoms with Crippen LogP contribution >= 0.6 is 0 Å². The standard InChI is InChI=1S/C17H16N2O7/c1-23-13-5-3-12(19(21)22)9-16(13)26-10-17(20)18-11-2-4-14-15(8-11)25-7-6-24-14/h2-5,8-9H,6-7,10H2,1H3,(H,18,20). The van der Waals surface area contributed by atoms with E-state index in [0.717, 1.165) is 0 Å². The van der Waals surface area contributed by atoms with Gasteiger partial charge in [-0.2, -0.15) is 0 Å². The molecule has 1 aliphatic heterocycles. The van der Waals surface area contributed by atoms with E-state index in [1.54, 1.807) is 18.2 Å². The third-order valence-electron chi connectivity index (χ3n) is 3.54. The summed E-state index contributed by atoms with van der Waals surface area (Å²) in [4.78, 5) is 22.4. The van der Waals surface area contributed by atoms with Crippen LogP contribution < -0.4 is 24.3 Å². The fourth-order valence-electron chi connectivity index (χ4n) is 2.35. The van der Waals surface area contributed by atoms with Crippen molar-refractivity contribution in [3.63, 3.8) is 0 Å². The molecule has 2 aromatic carbocycles. The van der Waals surface area contributed by atoms with Gasteiger partial charge >= 0.3 is 0 Å². The van der Waals surface area contributed by atoms with E-state index >= 15 is 0 Å². The third kappa shape index (κ3) is 3.94. The number of amides is 1. The first-order chi connectivity index (χ1) is 12.6. The van der Waals surface area contributed by atoms with Crippen molar-refractivity contribution in [2.75, 3.05) is 32.2 Å². The number of nitro benzene ring substituents is 1. The molecule has 0 bridgehead atoms. The molecule has 9 heteroatoms. The van der Waals surface area contributed by atoms with E-state index in [9.17, 15) is 14.9 Å². The normalized spacial score (nSPS) is 12.2. The minimum absolute atomic E-state index is 0.110. The van der Waals surface area contributed by atoms with Crippen LogP contribution in [0.3, 0.4) is 0 Å². The number of methoxy groups -OCH3 is 1. The summed E-state index contributed by atoms with van der Waals surface area (Å²) in [6, 6.07) is 8.94. The van der Waals surface area contributed by atoms with Gasteiger partial charge in [-0.25, -0.2) is 0 Å². The summed E-state index contributed by atoms with van der Waals surface area (Å²) in [5.41, 5.74) is 0.363. The van der Waals surface area contributed by atoms with Gasteiger partial charge in [0.1, 0.15) is 13.2 Å². The molecule has 3 rings (SSSR count). The van der Waals surface area contributed by atoms with Crippen molar-refractivity contribution in [2.45, 2.75) is 0 Å². The molecule has 1 amide bonds. The number of anilines is 1. The molecule has 2 aromatic rings. The largest absolute Gasteiger partial charge is 0.493 e. The smallest absolute Gasteiger partial charge is 0.273 e. The number of carbonyl (C=O) groups excluding carboxylic acids is 1. The number of nitro groups is 1. The van der Waals surface area contributed by atoms with Gasteiger partial charge < -0.3 is 24.3 Å². The predicted octanol–water partition coefficient (Wildman–Crippen LogP) is 2.39. The number of rotatable bonds is 6. The molecule has 1 aliphatic rings. The average molecular weight is 360 g/mol. The molecule has 0 unspecified atom stereocenters. The maximum atomic E-state index is 12.1. The van der Waals surface area contributed by atoms with E-state index in [0.29, 0.717) is 36.1 Å². The minimum atomic E-state index is -0.554. The summed E-state index contributed by atoms with van der Waals surface area (Å²) in [7, 11) is 1.41. The van der Waals surface area contributed by atoms with Crippen LogP contribution in [-0.2, 0) is 4.79 Å². The predicted molar refractivity (Wildman–Crippen MR) is 91.2 cm³/mol. The second kappa shape index (κ2) is 7.60. The molecule has 26 heavy (non-hydrogen) atoms. The topological polar surface area (TPSA) is 109 Å². The second-order valence-corrected chi connectivity index (χ2v) is 5.29. The summed E-state index contributed by atoms with van der Waals surface area (Å²) >= 11 is 0. The number of hydrogen-bond acceptors (Lipinski definition) is 7. The van der Waals surface area contributed by atoms with Gasteiger partial charge in [-0.1, -0.05) is 0 Å². The lowest BCUT2D eigenvalue weighted by Gasteiger charge is -2.19. The van der Waals surface area contributed by atoms with Crippen LogP contribution in [0, 0.1) is 10.1 Å². The monoisotopic (exact) mass is 360 g/mol. The first kappa shape index (κ1) is 17.3. The zero-order valence-electron chi connectivity index (χ0n) is 13.9. The lowest BCUT2D eigenvalue weighted by Crippen LogP contribution is -2.21. The quantitative estimate of drug-likeness (QED) is 0.622. The molecule has 0 spiro atoms. The van der Waals surface area contributed by atoms with Gasteiger partial charge in [-0.3, -0.25) is 14.9 Å². The molecule has 0 radical (unpaired) electrons. The van der Waals surface area contributed by atoms with Crippen LogP contribution in [0.2, 0.25) is 0 Å². The van der Waals surface area contributed by atoms with Crippen LogP contribution in [0.1, 0.15) is 0 Å². The molecule has 136 valence electrons. The van der Waals surface area contributed by atoms with Crippen molar-refractivity contribution in [1.29, 1.82) is 0 Å². The van der Waals surface area contributed by atoms with Crippen LogP contribution in [-0.4, -0.2) is 37.8 Å². The number of nitrogens with zero attached hydrogens (tertiary/aromatic N) is 1. The van der Waals surface area contributed by atoms with E-state index in [4.69, 9.17) is 18.9 Å². The molecule has 0 fully saturated rings. The van der Waals surface area contributed by atoms with Gasteiger partial charge in [0.25, 0.3) is 11.6 Å². The summed E-state index contributed by atoms with van der Waals surface area (Å²) in [6.45, 7) is 0.587. The highest BCUT2D eigenvalue weighted by Crippen LogP contribution is 2.33. The summed E-state index contributed by atoms with van der Waals surface area (Å²) in [5, 5.41) is 13.5.